The number of thiocarbonyl (C=S) groups is 1. The van der Waals surface area contributed by atoms with Gasteiger partial charge in [0.25, 0.3) is 5.91 Å². The summed E-state index contributed by atoms with van der Waals surface area (Å²) >= 11 is 6.47. The lowest BCUT2D eigenvalue weighted by atomic mass is 10.1. The minimum atomic E-state index is -4.45. The van der Waals surface area contributed by atoms with Gasteiger partial charge in [-0.25, -0.2) is 0 Å². The molecule has 9 heteroatoms. The smallest absolute Gasteiger partial charge is 0.416 e. The number of methoxy groups -OCH3 is 1. The molecule has 4 rings (SSSR count). The maximum Gasteiger partial charge on any atom is 0.416 e. The van der Waals surface area contributed by atoms with Gasteiger partial charge in [-0.1, -0.05) is 48.2 Å². The van der Waals surface area contributed by atoms with E-state index in [0.29, 0.717) is 26.4 Å². The van der Waals surface area contributed by atoms with E-state index in [0.717, 1.165) is 23.9 Å². The molecule has 0 N–H and O–H groups in total. The number of amides is 1. The van der Waals surface area contributed by atoms with Gasteiger partial charge in [-0.3, -0.25) is 9.69 Å². The highest BCUT2D eigenvalue weighted by atomic mass is 32.2. The Morgan fingerprint density at radius 3 is 2.61 bits per heavy atom. The number of alkyl halides is 3. The maximum absolute atomic E-state index is 13.0. The van der Waals surface area contributed by atoms with Crippen molar-refractivity contribution in [2.24, 2.45) is 0 Å². The van der Waals surface area contributed by atoms with Crippen molar-refractivity contribution in [3.63, 3.8) is 0 Å². The second-order valence-corrected chi connectivity index (χ2v) is 8.15. The summed E-state index contributed by atoms with van der Waals surface area (Å²) in [6.07, 6.45) is -2.93. The summed E-state index contributed by atoms with van der Waals surface area (Å²) in [6.45, 7) is 0. The van der Waals surface area contributed by atoms with Crippen molar-refractivity contribution in [3.05, 3.63) is 76.9 Å². The molecular weight excluding hydrogens is 447 g/mol. The zero-order valence-corrected chi connectivity index (χ0v) is 17.6. The molecule has 3 aromatic rings. The molecule has 1 aliphatic rings. The topological polar surface area (TPSA) is 42.7 Å². The Morgan fingerprint density at radius 2 is 1.87 bits per heavy atom. The van der Waals surface area contributed by atoms with Gasteiger partial charge < -0.3 is 9.15 Å². The molecule has 0 bridgehead atoms. The second kappa shape index (κ2) is 8.24. The first-order valence-electron chi connectivity index (χ1n) is 8.96. The van der Waals surface area contributed by atoms with Gasteiger partial charge in [0, 0.05) is 11.6 Å². The number of para-hydroxylation sites is 2. The van der Waals surface area contributed by atoms with E-state index >= 15 is 0 Å². The Bertz CT molecular complexity index is 1200. The summed E-state index contributed by atoms with van der Waals surface area (Å²) in [6, 6.07) is 15.0. The maximum atomic E-state index is 13.0. The zero-order valence-electron chi connectivity index (χ0n) is 16.0. The molecule has 0 aliphatic carbocycles. The number of carbonyl (C=O) groups excluding carboxylic acids is 1. The van der Waals surface area contributed by atoms with Crippen molar-refractivity contribution in [2.45, 2.75) is 6.18 Å². The molecule has 2 aromatic carbocycles. The molecule has 0 atom stereocenters. The Morgan fingerprint density at radius 1 is 1.10 bits per heavy atom. The number of thioether (sulfide) groups is 1. The van der Waals surface area contributed by atoms with Crippen LogP contribution in [0.5, 0.6) is 5.75 Å². The average Bonchev–Trinajstić information content (AvgIpc) is 3.32. The highest BCUT2D eigenvalue weighted by Crippen LogP contribution is 2.40. The second-order valence-electron chi connectivity index (χ2n) is 6.47. The number of nitrogens with zero attached hydrogens (tertiary/aromatic N) is 1. The molecule has 0 saturated carbocycles. The molecule has 0 unspecified atom stereocenters. The van der Waals surface area contributed by atoms with Crippen LogP contribution in [-0.4, -0.2) is 17.3 Å². The van der Waals surface area contributed by atoms with Crippen molar-refractivity contribution in [1.82, 2.24) is 0 Å². The molecule has 1 amide bonds. The Kier molecular flexibility index (Phi) is 5.63. The summed E-state index contributed by atoms with van der Waals surface area (Å²) in [7, 11) is 1.50. The number of halogens is 3. The standard InChI is InChI=1S/C22H14F3NO3S2/c1-28-18-8-3-2-7-16(18)26-20(27)19(31-21(26)30)12-15-9-10-17(29-15)13-5-4-6-14(11-13)22(23,24)25/h2-12H,1H3/b19-12+. The Labute approximate surface area is 185 Å². The molecule has 1 aliphatic heterocycles. The van der Waals surface area contributed by atoms with Crippen LogP contribution in [0.4, 0.5) is 18.9 Å². The van der Waals surface area contributed by atoms with Crippen molar-refractivity contribution >= 4 is 46.0 Å². The van der Waals surface area contributed by atoms with Crippen LogP contribution in [0.1, 0.15) is 11.3 Å². The van der Waals surface area contributed by atoms with Crippen LogP contribution in [0.25, 0.3) is 17.4 Å². The summed E-state index contributed by atoms with van der Waals surface area (Å²) in [5.41, 5.74) is 0.0525. The van der Waals surface area contributed by atoms with Crippen LogP contribution >= 0.6 is 24.0 Å². The van der Waals surface area contributed by atoms with E-state index in [9.17, 15) is 18.0 Å². The molecule has 1 saturated heterocycles. The molecule has 158 valence electrons. The predicted molar refractivity (Wildman–Crippen MR) is 118 cm³/mol. The lowest BCUT2D eigenvalue weighted by Crippen LogP contribution is -2.27. The minimum absolute atomic E-state index is 0.262. The minimum Gasteiger partial charge on any atom is -0.495 e. The first-order chi connectivity index (χ1) is 14.8. The van der Waals surface area contributed by atoms with Crippen LogP contribution in [0, 0.1) is 0 Å². The molecule has 2 heterocycles. The van der Waals surface area contributed by atoms with Crippen molar-refractivity contribution in [2.75, 3.05) is 12.0 Å². The average molecular weight is 461 g/mol. The van der Waals surface area contributed by atoms with Crippen molar-refractivity contribution < 1.29 is 27.1 Å². The monoisotopic (exact) mass is 461 g/mol. The number of hydrogen-bond acceptors (Lipinski definition) is 5. The summed E-state index contributed by atoms with van der Waals surface area (Å²) in [5, 5.41) is 0. The lowest BCUT2D eigenvalue weighted by Gasteiger charge is -2.17. The number of rotatable bonds is 4. The first kappa shape index (κ1) is 21.2. The SMILES string of the molecule is COc1ccccc1N1C(=O)/C(=C\c2ccc(-c3cccc(C(F)(F)F)c3)o2)SC1=S. The lowest BCUT2D eigenvalue weighted by molar-refractivity contribution is -0.137. The Balaban J connectivity index is 1.62. The largest absolute Gasteiger partial charge is 0.495 e. The molecule has 1 aromatic heterocycles. The third-order valence-corrected chi connectivity index (χ3v) is 5.80. The van der Waals surface area contributed by atoms with E-state index in [1.165, 1.54) is 30.2 Å². The van der Waals surface area contributed by atoms with Crippen LogP contribution in [0.2, 0.25) is 0 Å². The highest BCUT2D eigenvalue weighted by Gasteiger charge is 2.35. The van der Waals surface area contributed by atoms with Crippen LogP contribution in [0.15, 0.2) is 70.0 Å². The van der Waals surface area contributed by atoms with E-state index in [-0.39, 0.29) is 17.2 Å². The van der Waals surface area contributed by atoms with Gasteiger partial charge in [-0.05, 0) is 36.4 Å². The van der Waals surface area contributed by atoms with Gasteiger partial charge in [0.2, 0.25) is 0 Å². The zero-order chi connectivity index (χ0) is 22.2. The van der Waals surface area contributed by atoms with Crippen LogP contribution < -0.4 is 9.64 Å². The third-order valence-electron chi connectivity index (χ3n) is 4.49. The van der Waals surface area contributed by atoms with Crippen LogP contribution in [-0.2, 0) is 11.0 Å². The Hall–Kier alpha value is -3.04. The van der Waals surface area contributed by atoms with Gasteiger partial charge in [-0.15, -0.1) is 0 Å². The summed E-state index contributed by atoms with van der Waals surface area (Å²) < 4.78 is 50.2. The molecule has 4 nitrogen and oxygen atoms in total. The molecule has 0 spiro atoms. The van der Waals surface area contributed by atoms with Gasteiger partial charge in [-0.2, -0.15) is 13.2 Å². The number of benzene rings is 2. The van der Waals surface area contributed by atoms with Gasteiger partial charge in [0.1, 0.15) is 17.3 Å². The van der Waals surface area contributed by atoms with Crippen LogP contribution in [0.3, 0.4) is 0 Å². The fourth-order valence-electron chi connectivity index (χ4n) is 3.05. The molecule has 0 radical (unpaired) electrons. The molecule has 31 heavy (non-hydrogen) atoms. The third kappa shape index (κ3) is 4.24. The number of hydrogen-bond donors (Lipinski definition) is 0. The van der Waals surface area contributed by atoms with E-state index in [1.54, 1.807) is 36.4 Å². The van der Waals surface area contributed by atoms with Crippen molar-refractivity contribution in [3.8, 4) is 17.1 Å². The number of anilines is 1. The summed E-state index contributed by atoms with van der Waals surface area (Å²) in [4.78, 5) is 14.7. The fraction of sp³-hybridized carbons (Fsp3) is 0.0909. The van der Waals surface area contributed by atoms with E-state index in [1.807, 2.05) is 0 Å². The normalized spacial score (nSPS) is 15.7. The van der Waals surface area contributed by atoms with E-state index in [4.69, 9.17) is 21.4 Å². The van der Waals surface area contributed by atoms with Gasteiger partial charge in [0.15, 0.2) is 4.32 Å². The summed E-state index contributed by atoms with van der Waals surface area (Å²) in [5.74, 6) is 0.756. The first-order valence-corrected chi connectivity index (χ1v) is 10.2. The van der Waals surface area contributed by atoms with E-state index < -0.39 is 11.7 Å². The van der Waals surface area contributed by atoms with Gasteiger partial charge in [0.05, 0.1) is 23.3 Å². The fourth-order valence-corrected chi connectivity index (χ4v) is 4.32. The number of furan rings is 1. The van der Waals surface area contributed by atoms with Gasteiger partial charge >= 0.3 is 6.18 Å². The number of ether oxygens (including phenoxy) is 1. The van der Waals surface area contributed by atoms with E-state index in [2.05, 4.69) is 0 Å². The quantitative estimate of drug-likeness (QED) is 0.333. The predicted octanol–water partition coefficient (Wildman–Crippen LogP) is 6.38. The number of carbonyl (C=O) groups is 1. The molecule has 1 fully saturated rings. The van der Waals surface area contributed by atoms with Crippen molar-refractivity contribution in [1.29, 1.82) is 0 Å². The molecular formula is C22H14F3NO3S2. The highest BCUT2D eigenvalue weighted by molar-refractivity contribution is 8.27.